The summed E-state index contributed by atoms with van der Waals surface area (Å²) in [4.78, 5) is 21.2. The van der Waals surface area contributed by atoms with E-state index in [9.17, 15) is 10.2 Å². The second kappa shape index (κ2) is 9.74. The molecule has 4 heterocycles. The second-order valence-corrected chi connectivity index (χ2v) is 9.81. The van der Waals surface area contributed by atoms with Gasteiger partial charge in [-0.15, -0.1) is 0 Å². The predicted octanol–water partition coefficient (Wildman–Crippen LogP) is 3.87. The Hall–Kier alpha value is -2.93. The molecule has 0 radical (unpaired) electrons. The maximum absolute atomic E-state index is 12.2. The van der Waals surface area contributed by atoms with Crippen LogP contribution in [-0.2, 0) is 9.53 Å². The minimum atomic E-state index is 0.0550. The van der Waals surface area contributed by atoms with Crippen LogP contribution in [0.1, 0.15) is 51.5 Å². The van der Waals surface area contributed by atoms with Gasteiger partial charge in [0.25, 0.3) is 0 Å². The molecule has 1 aromatic heterocycles. The molecule has 2 N–H and O–H groups in total. The van der Waals surface area contributed by atoms with Crippen molar-refractivity contribution in [2.45, 2.75) is 58.0 Å². The lowest BCUT2D eigenvalue weighted by Crippen LogP contribution is -2.43. The lowest BCUT2D eigenvalue weighted by Gasteiger charge is -2.34. The third kappa shape index (κ3) is 4.53. The molecule has 0 aliphatic carbocycles. The first-order valence-electron chi connectivity index (χ1n) is 12.6. The minimum Gasteiger partial charge on any atom is -0.385 e. The topological polar surface area (TPSA) is 81.6 Å². The van der Waals surface area contributed by atoms with Crippen molar-refractivity contribution in [1.29, 1.82) is 5.41 Å². The van der Waals surface area contributed by atoms with Crippen LogP contribution in [0.3, 0.4) is 0 Å². The van der Waals surface area contributed by atoms with Gasteiger partial charge < -0.3 is 19.9 Å². The molecule has 7 nitrogen and oxygen atoms in total. The zero-order valence-corrected chi connectivity index (χ0v) is 20.3. The Morgan fingerprint density at radius 1 is 1.21 bits per heavy atom. The number of carbonyl (C=O) groups is 1. The van der Waals surface area contributed by atoms with Crippen molar-refractivity contribution in [2.75, 3.05) is 37.7 Å². The van der Waals surface area contributed by atoms with Crippen molar-refractivity contribution in [2.24, 2.45) is 0 Å². The quantitative estimate of drug-likeness (QED) is 0.661. The van der Waals surface area contributed by atoms with Gasteiger partial charge in [0.2, 0.25) is 5.91 Å². The van der Waals surface area contributed by atoms with Gasteiger partial charge in [0, 0.05) is 86.7 Å². The van der Waals surface area contributed by atoms with Gasteiger partial charge in [-0.2, -0.15) is 0 Å². The summed E-state index contributed by atoms with van der Waals surface area (Å²) >= 11 is 0. The highest BCUT2D eigenvalue weighted by molar-refractivity contribution is 6.18. The van der Waals surface area contributed by atoms with Crippen LogP contribution in [0, 0.1) is 5.41 Å². The summed E-state index contributed by atoms with van der Waals surface area (Å²) in [6, 6.07) is 9.17. The molecule has 2 aromatic rings. The van der Waals surface area contributed by atoms with Gasteiger partial charge in [-0.05, 0) is 44.1 Å². The molecule has 0 unspecified atom stereocenters. The number of hydrogen-bond donors (Lipinski definition) is 2. The van der Waals surface area contributed by atoms with Crippen molar-refractivity contribution in [1.82, 2.24) is 15.2 Å². The van der Waals surface area contributed by atoms with Crippen LogP contribution < -0.4 is 10.2 Å². The SMILES string of the molecule is CC(=O)N1CCC(NC2CCOCC2)=C(C(=N)c2cccc3cc(N4CCC[C@@H]4C)ncc23)C1. The van der Waals surface area contributed by atoms with E-state index in [1.165, 1.54) is 12.8 Å². The first-order chi connectivity index (χ1) is 16.5. The molecule has 1 amide bonds. The summed E-state index contributed by atoms with van der Waals surface area (Å²) < 4.78 is 5.52. The van der Waals surface area contributed by atoms with Crippen molar-refractivity contribution in [3.05, 3.63) is 47.3 Å². The molecule has 2 saturated heterocycles. The van der Waals surface area contributed by atoms with Crippen LogP contribution in [0.15, 0.2) is 41.7 Å². The number of amides is 1. The molecule has 5 rings (SSSR count). The fourth-order valence-electron chi connectivity index (χ4n) is 5.48. The summed E-state index contributed by atoms with van der Waals surface area (Å²) in [5.41, 5.74) is 3.37. The van der Waals surface area contributed by atoms with Crippen LogP contribution in [0.25, 0.3) is 10.8 Å². The molecule has 2 fully saturated rings. The molecule has 1 aromatic carbocycles. The lowest BCUT2D eigenvalue weighted by molar-refractivity contribution is -0.128. The fraction of sp³-hybridized carbons (Fsp3) is 0.519. The molecule has 3 aliphatic heterocycles. The predicted molar refractivity (Wildman–Crippen MR) is 135 cm³/mol. The van der Waals surface area contributed by atoms with Gasteiger partial charge in [0.15, 0.2) is 0 Å². The third-order valence-corrected chi connectivity index (χ3v) is 7.56. The molecule has 0 spiro atoms. The Balaban J connectivity index is 1.49. The van der Waals surface area contributed by atoms with Gasteiger partial charge in [-0.3, -0.25) is 10.2 Å². The maximum Gasteiger partial charge on any atom is 0.219 e. The minimum absolute atomic E-state index is 0.0550. The van der Waals surface area contributed by atoms with E-state index in [-0.39, 0.29) is 5.91 Å². The van der Waals surface area contributed by atoms with Gasteiger partial charge in [-0.25, -0.2) is 4.98 Å². The monoisotopic (exact) mass is 461 g/mol. The highest BCUT2D eigenvalue weighted by Crippen LogP contribution is 2.30. The number of rotatable bonds is 5. The largest absolute Gasteiger partial charge is 0.385 e. The first kappa shape index (κ1) is 22.8. The van der Waals surface area contributed by atoms with E-state index >= 15 is 0 Å². The molecule has 1 atom stereocenters. The average Bonchev–Trinajstić information content (AvgIpc) is 3.29. The Bertz CT molecular complexity index is 1120. The second-order valence-electron chi connectivity index (χ2n) is 9.81. The van der Waals surface area contributed by atoms with Crippen LogP contribution in [0.5, 0.6) is 0 Å². The van der Waals surface area contributed by atoms with E-state index in [1.807, 2.05) is 23.2 Å². The van der Waals surface area contributed by atoms with Gasteiger partial charge in [0.1, 0.15) is 5.82 Å². The smallest absolute Gasteiger partial charge is 0.219 e. The number of aromatic nitrogens is 1. The molecule has 3 aliphatic rings. The normalized spacial score (nSPS) is 21.9. The van der Waals surface area contributed by atoms with E-state index < -0.39 is 0 Å². The number of nitrogens with one attached hydrogen (secondary N) is 2. The van der Waals surface area contributed by atoms with Gasteiger partial charge >= 0.3 is 0 Å². The zero-order chi connectivity index (χ0) is 23.7. The Labute approximate surface area is 201 Å². The van der Waals surface area contributed by atoms with Crippen LogP contribution >= 0.6 is 0 Å². The highest BCUT2D eigenvalue weighted by Gasteiger charge is 2.27. The van der Waals surface area contributed by atoms with Gasteiger partial charge in [-0.1, -0.05) is 18.2 Å². The number of hydrogen-bond acceptors (Lipinski definition) is 6. The molecule has 34 heavy (non-hydrogen) atoms. The molecular formula is C27H35N5O2. The Morgan fingerprint density at radius 2 is 2.03 bits per heavy atom. The molecular weight excluding hydrogens is 426 g/mol. The highest BCUT2D eigenvalue weighted by atomic mass is 16.5. The number of nitrogens with zero attached hydrogens (tertiary/aromatic N) is 3. The number of ether oxygens (including phenoxy) is 1. The maximum atomic E-state index is 12.2. The van der Waals surface area contributed by atoms with Crippen molar-refractivity contribution >= 4 is 28.2 Å². The third-order valence-electron chi connectivity index (χ3n) is 7.56. The van der Waals surface area contributed by atoms with Crippen LogP contribution in [0.4, 0.5) is 5.82 Å². The van der Waals surface area contributed by atoms with E-state index in [4.69, 9.17) is 9.72 Å². The van der Waals surface area contributed by atoms with Crippen molar-refractivity contribution < 1.29 is 9.53 Å². The summed E-state index contributed by atoms with van der Waals surface area (Å²) in [5, 5.41) is 15.0. The van der Waals surface area contributed by atoms with E-state index in [0.29, 0.717) is 30.9 Å². The summed E-state index contributed by atoms with van der Waals surface area (Å²) in [5.74, 6) is 1.07. The van der Waals surface area contributed by atoms with E-state index in [0.717, 1.165) is 72.4 Å². The van der Waals surface area contributed by atoms with Crippen molar-refractivity contribution in [3.8, 4) is 0 Å². The van der Waals surface area contributed by atoms with Gasteiger partial charge in [0.05, 0.1) is 5.71 Å². The summed E-state index contributed by atoms with van der Waals surface area (Å²) in [7, 11) is 0. The number of fused-ring (bicyclic) bond motifs is 1. The average molecular weight is 462 g/mol. The number of pyridine rings is 1. The molecule has 0 bridgehead atoms. The van der Waals surface area contributed by atoms with E-state index in [1.54, 1.807) is 6.92 Å². The number of anilines is 1. The molecule has 0 saturated carbocycles. The fourth-order valence-corrected chi connectivity index (χ4v) is 5.48. The van der Waals surface area contributed by atoms with E-state index in [2.05, 4.69) is 29.3 Å². The summed E-state index contributed by atoms with van der Waals surface area (Å²) in [6.07, 6.45) is 7.02. The Kier molecular flexibility index (Phi) is 6.55. The van der Waals surface area contributed by atoms with Crippen LogP contribution in [-0.4, -0.2) is 66.4 Å². The lowest BCUT2D eigenvalue weighted by atomic mass is 9.92. The number of carbonyl (C=O) groups excluding carboxylic acids is 1. The molecule has 180 valence electrons. The molecule has 7 heteroatoms. The first-order valence-corrected chi connectivity index (χ1v) is 12.6. The summed E-state index contributed by atoms with van der Waals surface area (Å²) in [6.45, 7) is 7.60. The standard InChI is InChI=1S/C27H35N5O2/c1-18-5-4-11-32(18)26-15-20-6-3-7-22(23(20)16-29-26)27(28)24-17-31(19(2)33)12-8-25(24)30-21-9-13-34-14-10-21/h3,6-7,15-16,18,21,28,30H,4-5,8-14,17H2,1-2H3/t18-/m0/s1. The van der Waals surface area contributed by atoms with Crippen LogP contribution in [0.2, 0.25) is 0 Å². The Morgan fingerprint density at radius 3 is 2.76 bits per heavy atom. The van der Waals surface area contributed by atoms with Crippen molar-refractivity contribution in [3.63, 3.8) is 0 Å². The zero-order valence-electron chi connectivity index (χ0n) is 20.3. The number of benzene rings is 1.